The number of carboxylic acid groups (broad SMARTS) is 1. The first-order valence-corrected chi connectivity index (χ1v) is 19.0. The molecule has 0 radical (unpaired) electrons. The van der Waals surface area contributed by atoms with E-state index in [2.05, 4.69) is 22.8 Å². The van der Waals surface area contributed by atoms with Crippen molar-refractivity contribution in [2.24, 2.45) is 11.8 Å². The molecule has 3 aliphatic rings. The van der Waals surface area contributed by atoms with Gasteiger partial charge in [-0.15, -0.1) is 11.8 Å². The number of fused-ring (bicyclic) bond motifs is 1. The van der Waals surface area contributed by atoms with E-state index in [1.54, 1.807) is 33.2 Å². The van der Waals surface area contributed by atoms with Crippen LogP contribution in [0.4, 0.5) is 4.79 Å². The van der Waals surface area contributed by atoms with Gasteiger partial charge in [0.25, 0.3) is 0 Å². The first-order valence-electron chi connectivity index (χ1n) is 14.4. The number of ketones is 1. The number of nitrogens with zero attached hydrogens (tertiary/aromatic N) is 3. The summed E-state index contributed by atoms with van der Waals surface area (Å²) >= 11 is 1.48. The van der Waals surface area contributed by atoms with Crippen molar-refractivity contribution in [3.8, 4) is 0 Å². The van der Waals surface area contributed by atoms with Crippen LogP contribution in [0.25, 0.3) is 0 Å². The summed E-state index contributed by atoms with van der Waals surface area (Å²) < 4.78 is 11.4. The molecule has 1 aromatic rings. The number of thioether (sulfide) groups is 1. The van der Waals surface area contributed by atoms with Gasteiger partial charge in [0.2, 0.25) is 5.91 Å². The highest BCUT2D eigenvalue weighted by atomic mass is 35.5. The summed E-state index contributed by atoms with van der Waals surface area (Å²) in [6, 6.07) is 5.71. The molecule has 2 amide bonds. The van der Waals surface area contributed by atoms with Crippen molar-refractivity contribution in [1.29, 1.82) is 0 Å². The third kappa shape index (κ3) is 11.0. The zero-order chi connectivity index (χ0) is 34.9. The van der Waals surface area contributed by atoms with Crippen molar-refractivity contribution < 1.29 is 61.0 Å². The lowest BCUT2D eigenvalue weighted by Crippen LogP contribution is -3.00. The largest absolute Gasteiger partial charge is 1.00 e. The number of hydrogen-bond acceptors (Lipinski definition) is 10. The van der Waals surface area contributed by atoms with Crippen LogP contribution in [-0.2, 0) is 29.9 Å². The first-order chi connectivity index (χ1) is 21.6. The molecular formula is C28H45ClN4O9P4S. The van der Waals surface area contributed by atoms with Gasteiger partial charge >= 0.3 is 18.0 Å². The molecular weight excluding hydrogens is 728 g/mol. The fourth-order valence-electron chi connectivity index (χ4n) is 5.40. The molecule has 0 spiro atoms. The molecule has 2 fully saturated rings. The van der Waals surface area contributed by atoms with Crippen LogP contribution in [0.15, 0.2) is 34.9 Å². The number of aliphatic hydroxyl groups is 1. The lowest BCUT2D eigenvalue weighted by Gasteiger charge is -2.46. The van der Waals surface area contributed by atoms with Crippen LogP contribution >= 0.6 is 48.0 Å². The minimum Gasteiger partial charge on any atom is -1.00 e. The number of carbonyl (C=O) groups excluding carboxylic acids is 4. The standard InChI is InChI=1S/C23H28N2O7P2S.C3H9NO2P2.C2H7N.ClH/c1-10-18-17(11(2)26)21(28)25(18)19(23(31)32-34)20(10)35-14-8-15(24(33)9-14)16(27)7-12-4-3-5-13(6-12)22(29)30;1-4(2)3(5)6-8-7;1-3-2;/h3-6,10-11,14-15,17-18,26H,7-9,33-34H2,1-2H3,(H,29,30);8H,7H2,1-2H3;3H,1-2H3;1H/t10-,11-,14+,15+,17-,18-;;;/m1.../s1. The number of hydrogen-bond donors (Lipinski definition) is 3. The molecule has 2 saturated heterocycles. The topological polar surface area (TPSA) is 171 Å². The number of carbonyl (C=O) groups is 5. The lowest BCUT2D eigenvalue weighted by atomic mass is 9.79. The Morgan fingerprint density at radius 1 is 1.23 bits per heavy atom. The Labute approximate surface area is 295 Å². The first kappa shape index (κ1) is 43.6. The SMILES string of the molecule is CN(C)C(=O)OPP.C[C@@H](O)[C@H]1C(=O)N2C(C(=O)OP)=C(S[C@H]3C[C@@H](C(=O)Cc4cccc(C(=O)O)c4)N(P)C3)[C@H](C)[C@H]12.C[NH2+]C.[Cl-]. The highest BCUT2D eigenvalue weighted by Gasteiger charge is 2.60. The van der Waals surface area contributed by atoms with Crippen LogP contribution in [0, 0.1) is 11.8 Å². The highest BCUT2D eigenvalue weighted by Crippen LogP contribution is 2.52. The number of carboxylic acids is 1. The molecule has 47 heavy (non-hydrogen) atoms. The number of benzene rings is 1. The molecule has 10 atom stereocenters. The number of quaternary nitrogens is 1. The Balaban J connectivity index is 0.000000797. The summed E-state index contributed by atoms with van der Waals surface area (Å²) in [5.74, 6) is -2.67. The molecule has 4 rings (SSSR count). The molecule has 0 aliphatic carbocycles. The van der Waals surface area contributed by atoms with Crippen LogP contribution in [0.1, 0.15) is 36.2 Å². The van der Waals surface area contributed by atoms with Gasteiger partial charge in [-0.2, -0.15) is 0 Å². The second-order valence-electron chi connectivity index (χ2n) is 11.2. The molecule has 0 bridgehead atoms. The molecule has 4 N–H and O–H groups in total. The van der Waals surface area contributed by atoms with E-state index in [9.17, 15) is 34.2 Å². The molecule has 4 unspecified atom stereocenters. The van der Waals surface area contributed by atoms with E-state index in [-0.39, 0.29) is 79.6 Å². The van der Waals surface area contributed by atoms with Crippen molar-refractivity contribution in [3.63, 3.8) is 0 Å². The quantitative estimate of drug-likeness (QED) is 0.203. The maximum atomic E-state index is 13.1. The number of nitrogens with two attached hydrogens (primary N) is 1. The molecule has 0 saturated carbocycles. The predicted octanol–water partition coefficient (Wildman–Crippen LogP) is -1.25. The van der Waals surface area contributed by atoms with Gasteiger partial charge in [-0.3, -0.25) is 14.3 Å². The number of amides is 2. The molecule has 0 aromatic heterocycles. The number of aromatic carboxylic acids is 1. The molecule has 13 nitrogen and oxygen atoms in total. The lowest BCUT2D eigenvalue weighted by molar-refractivity contribution is -0.597. The minimum absolute atomic E-state index is 0. The summed E-state index contributed by atoms with van der Waals surface area (Å²) in [5, 5.41) is 21.3. The van der Waals surface area contributed by atoms with Gasteiger partial charge in [0.05, 0.1) is 61.7 Å². The van der Waals surface area contributed by atoms with Gasteiger partial charge in [0.1, 0.15) is 5.70 Å². The number of Topliss-reactive ketones (excluding diaryl/α,β-unsaturated/α-hetero) is 1. The van der Waals surface area contributed by atoms with Crippen LogP contribution in [0.5, 0.6) is 0 Å². The number of aliphatic hydroxyl groups excluding tert-OH is 1. The maximum absolute atomic E-state index is 13.1. The molecule has 3 aliphatic heterocycles. The summed E-state index contributed by atoms with van der Waals surface area (Å²) in [6.45, 7) is 4.10. The van der Waals surface area contributed by atoms with E-state index in [4.69, 9.17) is 4.52 Å². The number of β-lactam (4-membered cyclic amide) rings is 1. The molecule has 1 aromatic carbocycles. The Kier molecular flexibility index (Phi) is 18.8. The van der Waals surface area contributed by atoms with Gasteiger partial charge in [-0.05, 0) is 31.0 Å². The Morgan fingerprint density at radius 3 is 2.34 bits per heavy atom. The Bertz CT molecular complexity index is 1330. The van der Waals surface area contributed by atoms with Crippen LogP contribution in [-0.4, -0.2) is 113 Å². The third-order valence-corrected chi connectivity index (χ3v) is 10.4. The normalized spacial score (nSPS) is 23.7. The average Bonchev–Trinajstić information content (AvgIpc) is 3.47. The van der Waals surface area contributed by atoms with Gasteiger partial charge in [-0.25, -0.2) is 14.4 Å². The van der Waals surface area contributed by atoms with E-state index in [1.165, 1.54) is 33.7 Å². The van der Waals surface area contributed by atoms with Crippen LogP contribution < -0.4 is 17.7 Å². The second-order valence-corrected chi connectivity index (χ2v) is 14.6. The van der Waals surface area contributed by atoms with Crippen molar-refractivity contribution in [2.45, 2.75) is 50.1 Å². The average molecular weight is 773 g/mol. The highest BCUT2D eigenvalue weighted by molar-refractivity contribution is 8.03. The zero-order valence-electron chi connectivity index (χ0n) is 27.1. The second kappa shape index (κ2) is 20.3. The van der Waals surface area contributed by atoms with E-state index >= 15 is 0 Å². The van der Waals surface area contributed by atoms with E-state index < -0.39 is 24.0 Å². The van der Waals surface area contributed by atoms with Crippen molar-refractivity contribution in [1.82, 2.24) is 14.5 Å². The predicted molar refractivity (Wildman–Crippen MR) is 188 cm³/mol. The zero-order valence-corrected chi connectivity index (χ0v) is 33.1. The smallest absolute Gasteiger partial charge is 0.411 e. The molecule has 264 valence electrons. The minimum atomic E-state index is -1.04. The number of halogens is 1. The summed E-state index contributed by atoms with van der Waals surface area (Å²) in [6.07, 6.45) is -0.445. The maximum Gasteiger partial charge on any atom is 0.411 e. The van der Waals surface area contributed by atoms with Crippen molar-refractivity contribution >= 4 is 77.8 Å². The van der Waals surface area contributed by atoms with Crippen molar-refractivity contribution in [3.05, 3.63) is 46.0 Å². The molecule has 19 heteroatoms. The van der Waals surface area contributed by atoms with Gasteiger partial charge in [-0.1, -0.05) is 37.4 Å². The Morgan fingerprint density at radius 2 is 1.85 bits per heavy atom. The third-order valence-electron chi connectivity index (χ3n) is 7.44. The van der Waals surface area contributed by atoms with Gasteiger partial charge in [0.15, 0.2) is 5.78 Å². The summed E-state index contributed by atoms with van der Waals surface area (Å²) in [7, 11) is 14.3. The summed E-state index contributed by atoms with van der Waals surface area (Å²) in [5.41, 5.74) is 1.01. The molecule has 3 heterocycles. The fourth-order valence-corrected chi connectivity index (χ4v) is 8.33. The van der Waals surface area contributed by atoms with Gasteiger partial charge in [0, 0.05) is 43.1 Å². The Hall–Kier alpha value is -1.45. The van der Waals surface area contributed by atoms with Crippen LogP contribution in [0.2, 0.25) is 0 Å². The van der Waals surface area contributed by atoms with E-state index in [1.807, 2.05) is 40.5 Å². The number of rotatable bonds is 9. The summed E-state index contributed by atoms with van der Waals surface area (Å²) in [4.78, 5) is 63.6. The van der Waals surface area contributed by atoms with Crippen molar-refractivity contribution in [2.75, 3.05) is 34.7 Å². The fraction of sp³-hybridized carbons (Fsp3) is 0.536. The van der Waals surface area contributed by atoms with Crippen LogP contribution in [0.3, 0.4) is 0 Å². The van der Waals surface area contributed by atoms with Gasteiger partial charge < -0.3 is 46.8 Å². The van der Waals surface area contributed by atoms with E-state index in [0.717, 1.165) is 4.91 Å². The van der Waals surface area contributed by atoms with E-state index in [0.29, 0.717) is 18.5 Å². The monoisotopic (exact) mass is 772 g/mol.